The number of halogens is 3. The molecular weight excluding hydrogens is 411 g/mol. The minimum absolute atomic E-state index is 0.00263. The Kier molecular flexibility index (Phi) is 6.54. The largest absolute Gasteiger partial charge is 0.507 e. The van der Waals surface area contributed by atoms with E-state index in [-0.39, 0.29) is 24.3 Å². The molecule has 0 aliphatic carbocycles. The molecule has 3 aromatic carbocycles. The first-order valence-electron chi connectivity index (χ1n) is 9.24. The van der Waals surface area contributed by atoms with Gasteiger partial charge < -0.3 is 10.4 Å². The lowest BCUT2D eigenvalue weighted by molar-refractivity contribution is -0.137. The zero-order chi connectivity index (χ0) is 22.4. The van der Waals surface area contributed by atoms with Crippen LogP contribution in [0.5, 0.6) is 5.75 Å². The number of carbonyl (C=O) groups excluding carboxylic acids is 2. The molecule has 0 bridgehead atoms. The number of aromatic hydroxyl groups is 1. The topological polar surface area (TPSA) is 90.8 Å². The molecule has 0 spiro atoms. The average Bonchev–Trinajstić information content (AvgIpc) is 2.73. The second-order valence-electron chi connectivity index (χ2n) is 6.64. The SMILES string of the molecule is O=C(CCC(=O)Nc1cccc(C(F)(F)F)c1)N/N=C/c1c(O)ccc2ccccc12. The van der Waals surface area contributed by atoms with E-state index in [0.29, 0.717) is 5.56 Å². The van der Waals surface area contributed by atoms with Crippen LogP contribution in [0.1, 0.15) is 24.0 Å². The number of hydrogen-bond acceptors (Lipinski definition) is 4. The highest BCUT2D eigenvalue weighted by Gasteiger charge is 2.30. The minimum atomic E-state index is -4.52. The highest BCUT2D eigenvalue weighted by Crippen LogP contribution is 2.30. The maximum atomic E-state index is 12.7. The van der Waals surface area contributed by atoms with E-state index in [2.05, 4.69) is 15.8 Å². The third-order valence-corrected chi connectivity index (χ3v) is 4.38. The number of nitrogens with one attached hydrogen (secondary N) is 2. The van der Waals surface area contributed by atoms with Crippen molar-refractivity contribution in [2.75, 3.05) is 5.32 Å². The van der Waals surface area contributed by atoms with E-state index in [1.165, 1.54) is 24.4 Å². The summed E-state index contributed by atoms with van der Waals surface area (Å²) < 4.78 is 38.2. The van der Waals surface area contributed by atoms with E-state index >= 15 is 0 Å². The van der Waals surface area contributed by atoms with Crippen molar-refractivity contribution in [2.24, 2.45) is 5.10 Å². The molecule has 0 saturated carbocycles. The van der Waals surface area contributed by atoms with Crippen LogP contribution in [0.25, 0.3) is 10.8 Å². The number of amides is 2. The summed E-state index contributed by atoms with van der Waals surface area (Å²) in [5.41, 5.74) is 1.80. The van der Waals surface area contributed by atoms with Gasteiger partial charge in [0, 0.05) is 24.1 Å². The molecule has 2 amide bonds. The summed E-state index contributed by atoms with van der Waals surface area (Å²) in [7, 11) is 0. The summed E-state index contributed by atoms with van der Waals surface area (Å²) >= 11 is 0. The molecule has 0 unspecified atom stereocenters. The van der Waals surface area contributed by atoms with Crippen LogP contribution in [0.3, 0.4) is 0 Å². The number of fused-ring (bicyclic) bond motifs is 1. The number of nitrogens with zero attached hydrogens (tertiary/aromatic N) is 1. The molecule has 0 saturated heterocycles. The van der Waals surface area contributed by atoms with Gasteiger partial charge in [-0.2, -0.15) is 18.3 Å². The second-order valence-corrected chi connectivity index (χ2v) is 6.64. The van der Waals surface area contributed by atoms with Crippen LogP contribution in [0, 0.1) is 0 Å². The number of benzene rings is 3. The summed E-state index contributed by atoms with van der Waals surface area (Å²) in [4.78, 5) is 23.8. The van der Waals surface area contributed by atoms with Gasteiger partial charge >= 0.3 is 6.18 Å². The van der Waals surface area contributed by atoms with Gasteiger partial charge in [-0.3, -0.25) is 9.59 Å². The Morgan fingerprint density at radius 3 is 2.48 bits per heavy atom. The van der Waals surface area contributed by atoms with Gasteiger partial charge in [0.15, 0.2) is 0 Å². The third kappa shape index (κ3) is 5.81. The molecule has 0 fully saturated rings. The van der Waals surface area contributed by atoms with Crippen LogP contribution in [0.2, 0.25) is 0 Å². The van der Waals surface area contributed by atoms with E-state index in [0.717, 1.165) is 22.9 Å². The fourth-order valence-electron chi connectivity index (χ4n) is 2.87. The Labute approximate surface area is 175 Å². The maximum Gasteiger partial charge on any atom is 0.416 e. The van der Waals surface area contributed by atoms with E-state index in [4.69, 9.17) is 0 Å². The van der Waals surface area contributed by atoms with Gasteiger partial charge in [0.05, 0.1) is 11.8 Å². The van der Waals surface area contributed by atoms with Crippen molar-refractivity contribution in [1.82, 2.24) is 5.43 Å². The first kappa shape index (κ1) is 21.8. The highest BCUT2D eigenvalue weighted by molar-refractivity contribution is 6.02. The van der Waals surface area contributed by atoms with Crippen molar-refractivity contribution in [3.05, 3.63) is 71.8 Å². The molecule has 0 heterocycles. The van der Waals surface area contributed by atoms with E-state index in [9.17, 15) is 27.9 Å². The Bertz CT molecular complexity index is 1140. The lowest BCUT2D eigenvalue weighted by Crippen LogP contribution is -2.20. The molecule has 0 aliphatic heterocycles. The Balaban J connectivity index is 1.53. The zero-order valence-corrected chi connectivity index (χ0v) is 16.1. The molecule has 3 aromatic rings. The van der Waals surface area contributed by atoms with Crippen molar-refractivity contribution < 1.29 is 27.9 Å². The van der Waals surface area contributed by atoms with Gasteiger partial charge in [-0.1, -0.05) is 36.4 Å². The van der Waals surface area contributed by atoms with Crippen molar-refractivity contribution in [1.29, 1.82) is 0 Å². The fraction of sp³-hybridized carbons (Fsp3) is 0.136. The van der Waals surface area contributed by atoms with E-state index in [1.807, 2.05) is 12.1 Å². The van der Waals surface area contributed by atoms with Crippen LogP contribution in [-0.2, 0) is 15.8 Å². The fourth-order valence-corrected chi connectivity index (χ4v) is 2.87. The van der Waals surface area contributed by atoms with Crippen LogP contribution < -0.4 is 10.7 Å². The van der Waals surface area contributed by atoms with Gasteiger partial charge in [0.25, 0.3) is 0 Å². The normalized spacial score (nSPS) is 11.6. The Hall–Kier alpha value is -3.88. The molecule has 160 valence electrons. The van der Waals surface area contributed by atoms with Crippen molar-refractivity contribution in [3.8, 4) is 5.75 Å². The standard InChI is InChI=1S/C22H18F3N3O3/c23-22(24,25)15-5-3-6-16(12-15)27-20(30)10-11-21(31)28-26-13-18-17-7-2-1-4-14(17)8-9-19(18)29/h1-9,12-13,29H,10-11H2,(H,27,30)(H,28,31)/b26-13+. The smallest absolute Gasteiger partial charge is 0.416 e. The van der Waals surface area contributed by atoms with Crippen LogP contribution in [0.15, 0.2) is 65.8 Å². The summed E-state index contributed by atoms with van der Waals surface area (Å²) in [6.45, 7) is 0. The first-order chi connectivity index (χ1) is 14.7. The number of anilines is 1. The number of phenols is 1. The van der Waals surface area contributed by atoms with Gasteiger partial charge in [-0.05, 0) is 35.0 Å². The summed E-state index contributed by atoms with van der Waals surface area (Å²) in [6.07, 6.45) is -3.67. The zero-order valence-electron chi connectivity index (χ0n) is 16.1. The molecule has 3 rings (SSSR count). The molecule has 31 heavy (non-hydrogen) atoms. The van der Waals surface area contributed by atoms with E-state index < -0.39 is 23.6 Å². The lowest BCUT2D eigenvalue weighted by atomic mass is 10.0. The summed E-state index contributed by atoms with van der Waals surface area (Å²) in [5.74, 6) is -1.17. The highest BCUT2D eigenvalue weighted by atomic mass is 19.4. The van der Waals surface area contributed by atoms with Gasteiger partial charge in [-0.25, -0.2) is 5.43 Å². The first-order valence-corrected chi connectivity index (χ1v) is 9.24. The number of hydrogen-bond donors (Lipinski definition) is 3. The minimum Gasteiger partial charge on any atom is -0.507 e. The predicted molar refractivity (Wildman–Crippen MR) is 111 cm³/mol. The van der Waals surface area contributed by atoms with Crippen LogP contribution in [0.4, 0.5) is 18.9 Å². The van der Waals surface area contributed by atoms with Crippen molar-refractivity contribution >= 4 is 34.5 Å². The van der Waals surface area contributed by atoms with Crippen LogP contribution in [-0.4, -0.2) is 23.1 Å². The quantitative estimate of drug-likeness (QED) is 0.400. The molecule has 0 radical (unpaired) electrons. The molecule has 0 aromatic heterocycles. The van der Waals surface area contributed by atoms with Crippen molar-refractivity contribution in [3.63, 3.8) is 0 Å². The molecule has 6 nitrogen and oxygen atoms in total. The number of alkyl halides is 3. The van der Waals surface area contributed by atoms with Gasteiger partial charge in [-0.15, -0.1) is 0 Å². The summed E-state index contributed by atoms with van der Waals surface area (Å²) in [6, 6.07) is 14.8. The number of hydrazone groups is 1. The van der Waals surface area contributed by atoms with E-state index in [1.54, 1.807) is 18.2 Å². The Morgan fingerprint density at radius 1 is 0.968 bits per heavy atom. The lowest BCUT2D eigenvalue weighted by Gasteiger charge is -2.09. The Morgan fingerprint density at radius 2 is 1.71 bits per heavy atom. The van der Waals surface area contributed by atoms with Gasteiger partial charge in [0.2, 0.25) is 11.8 Å². The number of rotatable bonds is 6. The molecule has 9 heteroatoms. The number of carbonyl (C=O) groups is 2. The van der Waals surface area contributed by atoms with Crippen LogP contribution >= 0.6 is 0 Å². The average molecular weight is 429 g/mol. The predicted octanol–water partition coefficient (Wildman–Crippen LogP) is 4.43. The maximum absolute atomic E-state index is 12.7. The molecular formula is C22H18F3N3O3. The molecule has 0 atom stereocenters. The monoisotopic (exact) mass is 429 g/mol. The molecule has 0 aliphatic rings. The third-order valence-electron chi connectivity index (χ3n) is 4.38. The molecule has 3 N–H and O–H groups in total. The van der Waals surface area contributed by atoms with Gasteiger partial charge in [0.1, 0.15) is 5.75 Å². The number of phenolic OH excluding ortho intramolecular Hbond substituents is 1. The second kappa shape index (κ2) is 9.29. The summed E-state index contributed by atoms with van der Waals surface area (Å²) in [5, 5.41) is 17.8. The van der Waals surface area contributed by atoms with Crippen molar-refractivity contribution in [2.45, 2.75) is 19.0 Å².